The van der Waals surface area contributed by atoms with Crippen LogP contribution in [0.2, 0.25) is 0 Å². The van der Waals surface area contributed by atoms with Crippen LogP contribution >= 0.6 is 0 Å². The topological polar surface area (TPSA) is 0 Å². The Hall–Kier alpha value is 3.64. The normalized spacial score (nSPS) is 0. The van der Waals surface area contributed by atoms with E-state index in [-0.39, 0.29) is 115 Å². The maximum atomic E-state index is 0. The molecule has 3 radical (unpaired) electrons. The summed E-state index contributed by atoms with van der Waals surface area (Å²) in [6.07, 6.45) is 0. The monoisotopic (exact) mass is 545 g/mol. The fourth-order valence-electron chi connectivity index (χ4n) is 0. The van der Waals surface area contributed by atoms with Crippen molar-refractivity contribution in [3.63, 3.8) is 0 Å². The summed E-state index contributed by atoms with van der Waals surface area (Å²) in [5.41, 5.74) is 0. The molecule has 0 saturated carbocycles. The molecule has 0 rings (SSSR count). The van der Waals surface area contributed by atoms with Crippen molar-refractivity contribution in [3.8, 4) is 0 Å². The zero-order valence-corrected chi connectivity index (χ0v) is 11.9. The molecule has 0 bridgehead atoms. The van der Waals surface area contributed by atoms with Crippen molar-refractivity contribution < 1.29 is 115 Å². The van der Waals surface area contributed by atoms with E-state index in [1.54, 1.807) is 0 Å². The number of hydrogen-bond donors (Lipinski definition) is 0. The molecule has 53 valence electrons. The first-order chi connectivity index (χ1) is 0. The Bertz CT molecular complexity index is 15.5. The molecule has 0 aromatic carbocycles. The Morgan fingerprint density at radius 3 is 1.00 bits per heavy atom. The van der Waals surface area contributed by atoms with Crippen molar-refractivity contribution in [1.29, 1.82) is 0 Å². The van der Waals surface area contributed by atoms with Crippen molar-refractivity contribution in [2.75, 3.05) is 0 Å². The van der Waals surface area contributed by atoms with Crippen molar-refractivity contribution in [2.45, 2.75) is 0 Å². The van der Waals surface area contributed by atoms with E-state index in [1.165, 1.54) is 0 Å². The van der Waals surface area contributed by atoms with E-state index < -0.39 is 0 Å². The second-order valence-corrected chi connectivity index (χ2v) is 0. The second kappa shape index (κ2) is 38.1. The van der Waals surface area contributed by atoms with E-state index in [0.717, 1.165) is 0 Å². The van der Waals surface area contributed by atoms with Gasteiger partial charge in [-0.25, -0.2) is 0 Å². The number of hydrogen-bond acceptors (Lipinski definition) is 0. The molecule has 0 aliphatic rings. The van der Waals surface area contributed by atoms with Crippen LogP contribution in [0.3, 0.4) is 0 Å². The van der Waals surface area contributed by atoms with Gasteiger partial charge in [0, 0.05) is 115 Å². The quantitative estimate of drug-likeness (QED) is 0.374. The van der Waals surface area contributed by atoms with E-state index in [2.05, 4.69) is 0 Å². The van der Waals surface area contributed by atoms with Crippen LogP contribution in [0, 0.1) is 0 Å². The molecule has 0 aliphatic carbocycles. The van der Waals surface area contributed by atoms with Crippen LogP contribution in [0.4, 0.5) is 0 Å². The first-order valence-corrected chi connectivity index (χ1v) is 0. The van der Waals surface area contributed by atoms with E-state index in [1.807, 2.05) is 0 Å². The Balaban J connectivity index is 0. The molecular weight excluding hydrogens is 548 g/mol. The SMILES string of the molecule is [Ag].[Au].[Cu].[Fe].[Ni].[Zn]. The van der Waals surface area contributed by atoms with Crippen LogP contribution in [0.5, 0.6) is 0 Å². The first-order valence-electron chi connectivity index (χ1n) is 0. The van der Waals surface area contributed by atoms with Crippen LogP contribution in [-0.4, -0.2) is 0 Å². The first kappa shape index (κ1) is 54.4. The summed E-state index contributed by atoms with van der Waals surface area (Å²) in [6, 6.07) is 0. The fraction of sp³-hybridized carbons (Fsp3) is 0. The van der Waals surface area contributed by atoms with Gasteiger partial charge in [0.05, 0.1) is 0 Å². The molecule has 0 fully saturated rings. The van der Waals surface area contributed by atoms with Gasteiger partial charge in [-0.05, 0) is 0 Å². The van der Waals surface area contributed by atoms with Gasteiger partial charge in [-0.2, -0.15) is 0 Å². The Kier molecular flexibility index (Phi) is 345. The largest absolute Gasteiger partial charge is 0 e. The third-order valence-corrected chi connectivity index (χ3v) is 0. The van der Waals surface area contributed by atoms with Gasteiger partial charge in [0.1, 0.15) is 0 Å². The van der Waals surface area contributed by atoms with Gasteiger partial charge in [0.25, 0.3) is 0 Å². The van der Waals surface area contributed by atoms with Gasteiger partial charge in [0.2, 0.25) is 0 Å². The average Bonchev–Trinajstić information content (AvgIpc) is 0. The maximum absolute atomic E-state index is 0. The summed E-state index contributed by atoms with van der Waals surface area (Å²) < 4.78 is 0. The molecular formula is AgAuCuFeNiZn. The fourth-order valence-corrected chi connectivity index (χ4v) is 0. The summed E-state index contributed by atoms with van der Waals surface area (Å²) in [5.74, 6) is 0. The van der Waals surface area contributed by atoms with Crippen molar-refractivity contribution in [2.24, 2.45) is 0 Å². The third-order valence-electron chi connectivity index (χ3n) is 0. The molecule has 6 heavy (non-hydrogen) atoms. The predicted molar refractivity (Wildman–Crippen MR) is 0 cm³/mol. The average molecular weight is 548 g/mol. The van der Waals surface area contributed by atoms with Gasteiger partial charge in [0.15, 0.2) is 0 Å². The van der Waals surface area contributed by atoms with Crippen LogP contribution in [0.15, 0.2) is 0 Å². The predicted octanol–water partition coefficient (Wildman–Crippen LogP) is -0.0150. The molecule has 0 spiro atoms. The van der Waals surface area contributed by atoms with Crippen LogP contribution < -0.4 is 0 Å². The molecule has 0 aliphatic heterocycles. The molecule has 0 heterocycles. The van der Waals surface area contributed by atoms with Crippen LogP contribution in [0.1, 0.15) is 0 Å². The van der Waals surface area contributed by atoms with Gasteiger partial charge >= 0.3 is 0 Å². The van der Waals surface area contributed by atoms with Crippen molar-refractivity contribution in [1.82, 2.24) is 0 Å². The van der Waals surface area contributed by atoms with Gasteiger partial charge in [-0.15, -0.1) is 0 Å². The Labute approximate surface area is 113 Å². The number of rotatable bonds is 0. The zero-order chi connectivity index (χ0) is 0. The van der Waals surface area contributed by atoms with Crippen molar-refractivity contribution >= 4 is 0 Å². The van der Waals surface area contributed by atoms with Gasteiger partial charge in [-0.3, -0.25) is 0 Å². The molecule has 6 heteroatoms. The minimum absolute atomic E-state index is 0. The molecule has 0 saturated heterocycles. The summed E-state index contributed by atoms with van der Waals surface area (Å²) in [7, 11) is 0. The molecule has 0 aromatic heterocycles. The molecule has 0 amide bonds. The van der Waals surface area contributed by atoms with Crippen LogP contribution in [0.25, 0.3) is 0 Å². The summed E-state index contributed by atoms with van der Waals surface area (Å²) in [5, 5.41) is 0. The minimum atomic E-state index is 0. The molecule has 0 unspecified atom stereocenters. The van der Waals surface area contributed by atoms with E-state index in [0.29, 0.717) is 0 Å². The maximum Gasteiger partial charge on any atom is 0 e. The smallest absolute Gasteiger partial charge is 0 e. The Morgan fingerprint density at radius 2 is 1.00 bits per heavy atom. The van der Waals surface area contributed by atoms with Gasteiger partial charge < -0.3 is 0 Å². The van der Waals surface area contributed by atoms with E-state index in [4.69, 9.17) is 0 Å². The zero-order valence-electron chi connectivity index (χ0n) is 2.28. The van der Waals surface area contributed by atoms with E-state index >= 15 is 0 Å². The molecule has 0 aromatic rings. The molecule has 0 atom stereocenters. The Morgan fingerprint density at radius 1 is 1.00 bits per heavy atom. The second-order valence-electron chi connectivity index (χ2n) is 0. The standard InChI is InChI=1S/Ag.Au.Cu.Fe.Ni.Zn. The van der Waals surface area contributed by atoms with Crippen LogP contribution in [-0.2, 0) is 115 Å². The summed E-state index contributed by atoms with van der Waals surface area (Å²) in [4.78, 5) is 0. The third kappa shape index (κ3) is 25.4. The summed E-state index contributed by atoms with van der Waals surface area (Å²) in [6.45, 7) is 0. The van der Waals surface area contributed by atoms with Gasteiger partial charge in [-0.1, -0.05) is 0 Å². The van der Waals surface area contributed by atoms with E-state index in [9.17, 15) is 0 Å². The molecule has 0 N–H and O–H groups in total. The summed E-state index contributed by atoms with van der Waals surface area (Å²) >= 11 is 0. The minimum Gasteiger partial charge on any atom is 0 e. The van der Waals surface area contributed by atoms with Crippen molar-refractivity contribution in [3.05, 3.63) is 0 Å². The molecule has 0 nitrogen and oxygen atoms in total.